The Morgan fingerprint density at radius 3 is 2.05 bits per heavy atom. The second-order valence-corrected chi connectivity index (χ2v) is 8.80. The van der Waals surface area contributed by atoms with Crippen molar-refractivity contribution in [2.24, 2.45) is 0 Å². The Morgan fingerprint density at radius 2 is 1.45 bits per heavy atom. The molecule has 0 aliphatic carbocycles. The van der Waals surface area contributed by atoms with Gasteiger partial charge in [0, 0.05) is 22.3 Å². The number of aryl methyl sites for hydroxylation is 2. The minimum Gasteiger partial charge on any atom is -0.403 e. The molecule has 0 atom stereocenters. The predicted octanol–water partition coefficient (Wildman–Crippen LogP) is 9.57. The van der Waals surface area contributed by atoms with E-state index in [0.717, 1.165) is 24.5 Å². The van der Waals surface area contributed by atoms with Gasteiger partial charge in [0.2, 0.25) is 0 Å². The van der Waals surface area contributed by atoms with Crippen molar-refractivity contribution in [2.45, 2.75) is 58.7 Å². The zero-order chi connectivity index (χ0) is 27.7. The van der Waals surface area contributed by atoms with Gasteiger partial charge >= 0.3 is 6.36 Å². The zero-order valence-electron chi connectivity index (χ0n) is 21.2. The van der Waals surface area contributed by atoms with Crippen LogP contribution < -0.4 is 4.74 Å². The summed E-state index contributed by atoms with van der Waals surface area (Å²) in [5.41, 5.74) is 2.81. The van der Waals surface area contributed by atoms with Crippen LogP contribution in [0.1, 0.15) is 72.9 Å². The van der Waals surface area contributed by atoms with E-state index < -0.39 is 35.1 Å². The Kier molecular flexibility index (Phi) is 10.1. The Morgan fingerprint density at radius 1 is 0.789 bits per heavy atom. The average molecular weight is 531 g/mol. The van der Waals surface area contributed by atoms with Crippen LogP contribution in [0.15, 0.2) is 60.7 Å². The highest BCUT2D eigenvalue weighted by Gasteiger charge is 2.32. The molecule has 200 valence electrons. The number of ether oxygens (including phenoxy) is 1. The van der Waals surface area contributed by atoms with E-state index in [9.17, 15) is 26.3 Å². The van der Waals surface area contributed by atoms with Gasteiger partial charge in [-0.25, -0.2) is 13.2 Å². The molecule has 0 fully saturated rings. The molecular weight excluding hydrogens is 502 g/mol. The SMILES string of the molecule is CCCCCCc1ccc(C#Cc2ccc(/C(F)=C(\F)c3ccc(OC(F)(F)F)c(F)c3)cc2CC)cc1. The van der Waals surface area contributed by atoms with E-state index in [0.29, 0.717) is 29.7 Å². The molecule has 0 aliphatic heterocycles. The molecule has 7 heteroatoms. The molecule has 0 bridgehead atoms. The monoisotopic (exact) mass is 530 g/mol. The maximum atomic E-state index is 14.9. The van der Waals surface area contributed by atoms with Gasteiger partial charge in [-0.05, 0) is 72.9 Å². The Bertz CT molecular complexity index is 1330. The van der Waals surface area contributed by atoms with Crippen LogP contribution in [-0.2, 0) is 12.8 Å². The van der Waals surface area contributed by atoms with Gasteiger partial charge in [0.15, 0.2) is 23.2 Å². The van der Waals surface area contributed by atoms with Crippen LogP contribution in [0.5, 0.6) is 5.75 Å². The van der Waals surface area contributed by atoms with Crippen molar-refractivity contribution in [1.82, 2.24) is 0 Å². The molecule has 3 aromatic rings. The second-order valence-electron chi connectivity index (χ2n) is 8.80. The summed E-state index contributed by atoms with van der Waals surface area (Å²) in [4.78, 5) is 0. The van der Waals surface area contributed by atoms with Crippen LogP contribution in [0, 0.1) is 17.7 Å². The maximum absolute atomic E-state index is 14.9. The summed E-state index contributed by atoms with van der Waals surface area (Å²) in [5.74, 6) is 0.914. The molecule has 0 amide bonds. The topological polar surface area (TPSA) is 9.23 Å². The quantitative estimate of drug-likeness (QED) is 0.116. The third-order valence-corrected chi connectivity index (χ3v) is 5.96. The fourth-order valence-electron chi connectivity index (χ4n) is 3.89. The van der Waals surface area contributed by atoms with Crippen LogP contribution in [0.25, 0.3) is 11.7 Å². The summed E-state index contributed by atoms with van der Waals surface area (Å²) < 4.78 is 84.1. The molecule has 0 N–H and O–H groups in total. The van der Waals surface area contributed by atoms with Crippen molar-refractivity contribution in [3.63, 3.8) is 0 Å². The highest BCUT2D eigenvalue weighted by Crippen LogP contribution is 2.33. The summed E-state index contributed by atoms with van der Waals surface area (Å²) in [7, 11) is 0. The molecular formula is C31H28F6O. The molecule has 1 nitrogen and oxygen atoms in total. The number of hydrogen-bond acceptors (Lipinski definition) is 1. The number of unbranched alkanes of at least 4 members (excludes halogenated alkanes) is 3. The summed E-state index contributed by atoms with van der Waals surface area (Å²) in [6.45, 7) is 4.03. The van der Waals surface area contributed by atoms with Crippen LogP contribution in [0.4, 0.5) is 26.3 Å². The third kappa shape index (κ3) is 8.17. The molecule has 3 rings (SSSR count). The highest BCUT2D eigenvalue weighted by atomic mass is 19.4. The molecule has 0 saturated carbocycles. The number of alkyl halides is 3. The lowest BCUT2D eigenvalue weighted by molar-refractivity contribution is -0.275. The molecule has 0 heterocycles. The fraction of sp³-hybridized carbons (Fsp3) is 0.290. The first-order valence-corrected chi connectivity index (χ1v) is 12.5. The van der Waals surface area contributed by atoms with Crippen molar-refractivity contribution < 1.29 is 31.1 Å². The number of hydrogen-bond donors (Lipinski definition) is 0. The maximum Gasteiger partial charge on any atom is 0.573 e. The van der Waals surface area contributed by atoms with E-state index >= 15 is 0 Å². The number of rotatable bonds is 9. The summed E-state index contributed by atoms with van der Waals surface area (Å²) in [6.07, 6.45) is 1.23. The van der Waals surface area contributed by atoms with E-state index in [1.807, 2.05) is 19.1 Å². The van der Waals surface area contributed by atoms with Crippen molar-refractivity contribution in [1.29, 1.82) is 0 Å². The molecule has 38 heavy (non-hydrogen) atoms. The predicted molar refractivity (Wildman–Crippen MR) is 138 cm³/mol. The van der Waals surface area contributed by atoms with Gasteiger partial charge in [-0.3, -0.25) is 0 Å². The van der Waals surface area contributed by atoms with Gasteiger partial charge in [0.1, 0.15) is 0 Å². The van der Waals surface area contributed by atoms with E-state index in [2.05, 4.69) is 35.6 Å². The van der Waals surface area contributed by atoms with E-state index in [1.54, 1.807) is 6.07 Å². The second kappa shape index (κ2) is 13.2. The number of halogens is 6. The van der Waals surface area contributed by atoms with Gasteiger partial charge in [-0.1, -0.05) is 63.1 Å². The largest absolute Gasteiger partial charge is 0.573 e. The van der Waals surface area contributed by atoms with Gasteiger partial charge in [-0.15, -0.1) is 13.2 Å². The van der Waals surface area contributed by atoms with E-state index in [4.69, 9.17) is 0 Å². The normalized spacial score (nSPS) is 12.0. The van der Waals surface area contributed by atoms with Crippen LogP contribution in [-0.4, -0.2) is 6.36 Å². The molecule has 0 unspecified atom stereocenters. The van der Waals surface area contributed by atoms with Crippen molar-refractivity contribution >= 4 is 11.7 Å². The molecule has 0 spiro atoms. The van der Waals surface area contributed by atoms with Crippen molar-refractivity contribution in [2.75, 3.05) is 0 Å². The lowest BCUT2D eigenvalue weighted by Gasteiger charge is -2.10. The third-order valence-electron chi connectivity index (χ3n) is 5.96. The smallest absolute Gasteiger partial charge is 0.403 e. The van der Waals surface area contributed by atoms with Crippen LogP contribution >= 0.6 is 0 Å². The first kappa shape index (κ1) is 28.9. The lowest BCUT2D eigenvalue weighted by atomic mass is 10.00. The van der Waals surface area contributed by atoms with Gasteiger partial charge in [0.05, 0.1) is 0 Å². The average Bonchev–Trinajstić information content (AvgIpc) is 2.90. The molecule has 0 aliphatic rings. The molecule has 3 aromatic carbocycles. The zero-order valence-corrected chi connectivity index (χ0v) is 21.2. The fourth-order valence-corrected chi connectivity index (χ4v) is 3.89. The lowest BCUT2D eigenvalue weighted by Crippen LogP contribution is -2.17. The minimum absolute atomic E-state index is 0.0895. The van der Waals surface area contributed by atoms with E-state index in [-0.39, 0.29) is 5.56 Å². The summed E-state index contributed by atoms with van der Waals surface area (Å²) in [6, 6.07) is 14.3. The van der Waals surface area contributed by atoms with Gasteiger partial charge in [-0.2, -0.15) is 0 Å². The van der Waals surface area contributed by atoms with Crippen LogP contribution in [0.2, 0.25) is 0 Å². The Balaban J connectivity index is 1.78. The first-order valence-electron chi connectivity index (χ1n) is 12.5. The number of benzene rings is 3. The molecule has 0 saturated heterocycles. The molecule has 0 aromatic heterocycles. The first-order chi connectivity index (χ1) is 18.1. The van der Waals surface area contributed by atoms with E-state index in [1.165, 1.54) is 37.0 Å². The van der Waals surface area contributed by atoms with Crippen molar-refractivity contribution in [3.05, 3.63) is 99.9 Å². The Labute approximate surface area is 219 Å². The Hall–Kier alpha value is -3.66. The van der Waals surface area contributed by atoms with Gasteiger partial charge < -0.3 is 4.74 Å². The van der Waals surface area contributed by atoms with Crippen LogP contribution in [0.3, 0.4) is 0 Å². The van der Waals surface area contributed by atoms with Gasteiger partial charge in [0.25, 0.3) is 0 Å². The molecule has 0 radical (unpaired) electrons. The standard InChI is InChI=1S/C31H28F6O/c1-3-5-6-7-8-21-9-11-22(12-10-21)13-14-24-15-16-25(19-23(24)4-2)29(33)30(34)26-17-18-28(27(32)20-26)38-31(35,36)37/h9-12,15-20H,3-8H2,1-2H3/b30-29+. The summed E-state index contributed by atoms with van der Waals surface area (Å²) in [5, 5.41) is 0. The summed E-state index contributed by atoms with van der Waals surface area (Å²) >= 11 is 0. The van der Waals surface area contributed by atoms with Crippen molar-refractivity contribution in [3.8, 4) is 17.6 Å². The minimum atomic E-state index is -5.11. The highest BCUT2D eigenvalue weighted by molar-refractivity contribution is 5.83.